The summed E-state index contributed by atoms with van der Waals surface area (Å²) in [6.07, 6.45) is -4.83. The van der Waals surface area contributed by atoms with Crippen molar-refractivity contribution in [2.75, 3.05) is 13.7 Å². The highest BCUT2D eigenvalue weighted by atomic mass is 35.5. The standard InChI is InChI=1S/C18H17ClF3NO4S/c1-12-5-3-4-6-13(12)10-23(11-17(24)27-2)28(25,26)14-7-8-16(19)15(9-14)18(20,21)22/h3-9H,10-11H2,1-2H3. The first-order chi connectivity index (χ1) is 13.0. The third-order valence-corrected chi connectivity index (χ3v) is 6.14. The fourth-order valence-corrected chi connectivity index (χ4v) is 4.06. The lowest BCUT2D eigenvalue weighted by molar-refractivity contribution is -0.141. The van der Waals surface area contributed by atoms with Crippen LogP contribution in [0.5, 0.6) is 0 Å². The number of carbonyl (C=O) groups excluding carboxylic acids is 1. The van der Waals surface area contributed by atoms with Crippen molar-refractivity contribution in [3.05, 3.63) is 64.2 Å². The van der Waals surface area contributed by atoms with Crippen LogP contribution in [-0.2, 0) is 32.3 Å². The monoisotopic (exact) mass is 435 g/mol. The van der Waals surface area contributed by atoms with E-state index >= 15 is 0 Å². The summed E-state index contributed by atoms with van der Waals surface area (Å²) in [4.78, 5) is 11.1. The minimum absolute atomic E-state index is 0.214. The lowest BCUT2D eigenvalue weighted by atomic mass is 10.1. The SMILES string of the molecule is COC(=O)CN(Cc1ccccc1C)S(=O)(=O)c1ccc(Cl)c(C(F)(F)F)c1. The Balaban J connectivity index is 2.52. The Labute approximate surface area is 165 Å². The number of esters is 1. The van der Waals surface area contributed by atoms with Gasteiger partial charge in [-0.25, -0.2) is 8.42 Å². The van der Waals surface area contributed by atoms with Gasteiger partial charge in [0.25, 0.3) is 0 Å². The van der Waals surface area contributed by atoms with Gasteiger partial charge >= 0.3 is 12.1 Å². The molecule has 0 radical (unpaired) electrons. The molecule has 0 aliphatic carbocycles. The molecule has 0 fully saturated rings. The summed E-state index contributed by atoms with van der Waals surface area (Å²) in [5, 5.41) is -0.620. The molecule has 10 heteroatoms. The Hall–Kier alpha value is -2.10. The maximum atomic E-state index is 13.1. The minimum Gasteiger partial charge on any atom is -0.468 e. The van der Waals surface area contributed by atoms with Crippen LogP contribution in [0.2, 0.25) is 5.02 Å². The Morgan fingerprint density at radius 2 is 1.82 bits per heavy atom. The summed E-state index contributed by atoms with van der Waals surface area (Å²) < 4.78 is 70.6. The summed E-state index contributed by atoms with van der Waals surface area (Å²) in [6, 6.07) is 9.15. The van der Waals surface area contributed by atoms with Gasteiger partial charge in [-0.2, -0.15) is 17.5 Å². The molecule has 0 atom stereocenters. The zero-order chi connectivity index (χ0) is 21.1. The largest absolute Gasteiger partial charge is 0.468 e. The molecule has 0 N–H and O–H groups in total. The van der Waals surface area contributed by atoms with Crippen molar-refractivity contribution in [3.63, 3.8) is 0 Å². The molecule has 2 aromatic rings. The predicted octanol–water partition coefficient (Wildman–Crippen LogP) is 4.03. The van der Waals surface area contributed by atoms with Crippen LogP contribution in [0.1, 0.15) is 16.7 Å². The Morgan fingerprint density at radius 3 is 2.39 bits per heavy atom. The van der Waals surface area contributed by atoms with E-state index in [0.29, 0.717) is 11.6 Å². The van der Waals surface area contributed by atoms with Crippen molar-refractivity contribution in [2.24, 2.45) is 0 Å². The molecular weight excluding hydrogens is 419 g/mol. The maximum Gasteiger partial charge on any atom is 0.417 e. The molecule has 0 aliphatic rings. The van der Waals surface area contributed by atoms with E-state index in [2.05, 4.69) is 4.74 Å². The highest BCUT2D eigenvalue weighted by molar-refractivity contribution is 7.89. The van der Waals surface area contributed by atoms with Crippen molar-refractivity contribution < 1.29 is 31.1 Å². The first-order valence-electron chi connectivity index (χ1n) is 7.95. The molecule has 0 aliphatic heterocycles. The number of benzene rings is 2. The number of sulfonamides is 1. The van der Waals surface area contributed by atoms with E-state index in [4.69, 9.17) is 11.6 Å². The fourth-order valence-electron chi connectivity index (χ4n) is 2.44. The lowest BCUT2D eigenvalue weighted by Crippen LogP contribution is -2.36. The second kappa shape index (κ2) is 8.50. The van der Waals surface area contributed by atoms with Crippen LogP contribution in [0.4, 0.5) is 13.2 Å². The molecule has 0 saturated heterocycles. The van der Waals surface area contributed by atoms with Crippen molar-refractivity contribution >= 4 is 27.6 Å². The number of alkyl halides is 3. The fraction of sp³-hybridized carbons (Fsp3) is 0.278. The van der Waals surface area contributed by atoms with Crippen molar-refractivity contribution in [1.29, 1.82) is 0 Å². The van der Waals surface area contributed by atoms with E-state index in [1.807, 2.05) is 0 Å². The number of rotatable bonds is 6. The summed E-state index contributed by atoms with van der Waals surface area (Å²) in [7, 11) is -3.36. The number of hydrogen-bond donors (Lipinski definition) is 0. The molecule has 152 valence electrons. The van der Waals surface area contributed by atoms with E-state index in [9.17, 15) is 26.4 Å². The van der Waals surface area contributed by atoms with Crippen LogP contribution in [0.3, 0.4) is 0 Å². The second-order valence-corrected chi connectivity index (χ2v) is 8.26. The van der Waals surface area contributed by atoms with Gasteiger partial charge < -0.3 is 4.74 Å². The number of hydrogen-bond acceptors (Lipinski definition) is 4. The van der Waals surface area contributed by atoms with Gasteiger partial charge in [0.2, 0.25) is 10.0 Å². The maximum absolute atomic E-state index is 13.1. The number of ether oxygens (including phenoxy) is 1. The smallest absolute Gasteiger partial charge is 0.417 e. The second-order valence-electron chi connectivity index (χ2n) is 5.92. The topological polar surface area (TPSA) is 63.7 Å². The molecule has 5 nitrogen and oxygen atoms in total. The molecule has 0 bridgehead atoms. The predicted molar refractivity (Wildman–Crippen MR) is 97.2 cm³/mol. The van der Waals surface area contributed by atoms with Crippen LogP contribution < -0.4 is 0 Å². The van der Waals surface area contributed by atoms with Gasteiger partial charge in [0.1, 0.15) is 6.54 Å². The highest BCUT2D eigenvalue weighted by Crippen LogP contribution is 2.36. The van der Waals surface area contributed by atoms with Gasteiger partial charge in [-0.1, -0.05) is 35.9 Å². The quantitative estimate of drug-likeness (QED) is 0.643. The molecular formula is C18H17ClF3NO4S. The first kappa shape index (κ1) is 22.2. The van der Waals surface area contributed by atoms with Crippen LogP contribution in [-0.4, -0.2) is 32.3 Å². The highest BCUT2D eigenvalue weighted by Gasteiger charge is 2.36. The lowest BCUT2D eigenvalue weighted by Gasteiger charge is -2.22. The van der Waals surface area contributed by atoms with Gasteiger partial charge in [-0.15, -0.1) is 0 Å². The van der Waals surface area contributed by atoms with E-state index in [1.54, 1.807) is 31.2 Å². The van der Waals surface area contributed by atoms with Gasteiger partial charge in [-0.3, -0.25) is 4.79 Å². The van der Waals surface area contributed by atoms with Gasteiger partial charge in [0.15, 0.2) is 0 Å². The summed E-state index contributed by atoms with van der Waals surface area (Å²) in [5.41, 5.74) is 0.0868. The third-order valence-electron chi connectivity index (χ3n) is 4.02. The van der Waals surface area contributed by atoms with Gasteiger partial charge in [0, 0.05) is 6.54 Å². The molecule has 0 aromatic heterocycles. The molecule has 0 saturated carbocycles. The molecule has 0 amide bonds. The van der Waals surface area contributed by atoms with E-state index in [0.717, 1.165) is 29.1 Å². The van der Waals surface area contributed by atoms with E-state index in [1.165, 1.54) is 0 Å². The molecule has 0 unspecified atom stereocenters. The average Bonchev–Trinajstić information content (AvgIpc) is 2.61. The van der Waals surface area contributed by atoms with Crippen LogP contribution in [0, 0.1) is 6.92 Å². The number of nitrogens with zero attached hydrogens (tertiary/aromatic N) is 1. The van der Waals surface area contributed by atoms with Crippen molar-refractivity contribution in [3.8, 4) is 0 Å². The van der Waals surface area contributed by atoms with E-state index < -0.39 is 44.2 Å². The Kier molecular flexibility index (Phi) is 6.74. The van der Waals surface area contributed by atoms with E-state index in [-0.39, 0.29) is 6.54 Å². The number of methoxy groups -OCH3 is 1. The zero-order valence-corrected chi connectivity index (χ0v) is 16.5. The van der Waals surface area contributed by atoms with Crippen molar-refractivity contribution in [1.82, 2.24) is 4.31 Å². The first-order valence-corrected chi connectivity index (χ1v) is 9.77. The number of aryl methyl sites for hydroxylation is 1. The van der Waals surface area contributed by atoms with Crippen LogP contribution >= 0.6 is 11.6 Å². The number of halogens is 4. The van der Waals surface area contributed by atoms with Crippen LogP contribution in [0.15, 0.2) is 47.4 Å². The Morgan fingerprint density at radius 1 is 1.18 bits per heavy atom. The average molecular weight is 436 g/mol. The number of carbonyl (C=O) groups is 1. The van der Waals surface area contributed by atoms with Crippen molar-refractivity contribution in [2.45, 2.75) is 24.5 Å². The molecule has 28 heavy (non-hydrogen) atoms. The summed E-state index contributed by atoms with van der Waals surface area (Å²) in [6.45, 7) is 0.882. The molecule has 0 heterocycles. The van der Waals surface area contributed by atoms with Crippen LogP contribution in [0.25, 0.3) is 0 Å². The molecule has 2 rings (SSSR count). The molecule has 2 aromatic carbocycles. The zero-order valence-electron chi connectivity index (χ0n) is 15.0. The third kappa shape index (κ3) is 5.03. The van der Waals surface area contributed by atoms with Gasteiger partial charge in [0.05, 0.1) is 22.6 Å². The normalized spacial score (nSPS) is 12.2. The summed E-state index contributed by atoms with van der Waals surface area (Å²) in [5.74, 6) is -0.845. The van der Waals surface area contributed by atoms with Gasteiger partial charge in [-0.05, 0) is 36.2 Å². The summed E-state index contributed by atoms with van der Waals surface area (Å²) >= 11 is 5.57. The minimum atomic E-state index is -4.83. The molecule has 0 spiro atoms. The Bertz CT molecular complexity index is 977.